The van der Waals surface area contributed by atoms with Gasteiger partial charge in [-0.1, -0.05) is 28.1 Å². The summed E-state index contributed by atoms with van der Waals surface area (Å²) in [5, 5.41) is 5.36. The van der Waals surface area contributed by atoms with Crippen molar-refractivity contribution >= 4 is 33.6 Å². The Balaban J connectivity index is 2.53. The number of carbonyl (C=O) groups excluding carboxylic acids is 2. The van der Waals surface area contributed by atoms with Crippen LogP contribution in [0.15, 0.2) is 24.3 Å². The van der Waals surface area contributed by atoms with Gasteiger partial charge in [-0.3, -0.25) is 10.1 Å². The minimum atomic E-state index is -0.584. The van der Waals surface area contributed by atoms with E-state index < -0.39 is 10.4 Å². The van der Waals surface area contributed by atoms with Gasteiger partial charge in [0.15, 0.2) is 0 Å². The van der Waals surface area contributed by atoms with Crippen LogP contribution in [0.4, 0.5) is 10.5 Å². The van der Waals surface area contributed by atoms with Gasteiger partial charge in [-0.15, -0.1) is 0 Å². The number of benzene rings is 1. The van der Waals surface area contributed by atoms with Gasteiger partial charge in [-0.05, 0) is 31.5 Å². The van der Waals surface area contributed by atoms with Gasteiger partial charge in [-0.25, -0.2) is 4.79 Å². The number of ether oxygens (including phenoxy) is 1. The lowest BCUT2D eigenvalue weighted by Crippen LogP contribution is -2.37. The van der Waals surface area contributed by atoms with Crippen molar-refractivity contribution in [2.75, 3.05) is 12.4 Å². The van der Waals surface area contributed by atoms with Crippen LogP contribution in [0, 0.1) is 0 Å². The second-order valence-corrected chi connectivity index (χ2v) is 6.45. The Morgan fingerprint density at radius 1 is 1.26 bits per heavy atom. The molecule has 0 spiro atoms. The van der Waals surface area contributed by atoms with Crippen molar-refractivity contribution in [3.05, 3.63) is 29.8 Å². The van der Waals surface area contributed by atoms with Crippen LogP contribution in [0.5, 0.6) is 0 Å². The van der Waals surface area contributed by atoms with Crippen molar-refractivity contribution < 1.29 is 14.3 Å². The van der Waals surface area contributed by atoms with Gasteiger partial charge in [0.1, 0.15) is 0 Å². The summed E-state index contributed by atoms with van der Waals surface area (Å²) in [7, 11) is 1.31. The van der Waals surface area contributed by atoms with Crippen molar-refractivity contribution in [1.82, 2.24) is 5.32 Å². The third kappa shape index (κ3) is 5.30. The summed E-state index contributed by atoms with van der Waals surface area (Å²) in [5.74, 6) is -0.0794. The number of amides is 2. The van der Waals surface area contributed by atoms with Gasteiger partial charge < -0.3 is 10.1 Å². The molecule has 104 valence electrons. The Kier molecular flexibility index (Phi) is 5.35. The maximum Gasteiger partial charge on any atom is 0.411 e. The number of alkyl halides is 1. The van der Waals surface area contributed by atoms with Crippen LogP contribution >= 0.6 is 15.9 Å². The molecule has 2 N–H and O–H groups in total. The molecule has 0 saturated carbocycles. The van der Waals surface area contributed by atoms with Crippen molar-refractivity contribution in [2.24, 2.45) is 0 Å². The molecule has 1 rings (SSSR count). The zero-order valence-electron chi connectivity index (χ0n) is 11.1. The van der Waals surface area contributed by atoms with E-state index in [0.717, 1.165) is 5.56 Å². The molecule has 0 fully saturated rings. The number of hydrogen-bond acceptors (Lipinski definition) is 3. The maximum absolute atomic E-state index is 11.7. The molecule has 0 aliphatic heterocycles. The largest absolute Gasteiger partial charge is 0.453 e. The number of carbonyl (C=O) groups is 2. The van der Waals surface area contributed by atoms with Crippen molar-refractivity contribution in [1.29, 1.82) is 0 Å². The molecular weight excluding hydrogens is 312 g/mol. The van der Waals surface area contributed by atoms with Gasteiger partial charge >= 0.3 is 6.09 Å². The van der Waals surface area contributed by atoms with E-state index in [1.807, 2.05) is 12.1 Å². The molecule has 0 unspecified atom stereocenters. The summed E-state index contributed by atoms with van der Waals surface area (Å²) in [6.45, 7) is 4.00. The molecular formula is C13H17BrN2O3. The standard InChI is InChI=1S/C13H17BrN2O3/c1-13(2,14)11(17)15-8-9-4-6-10(7-5-9)16-12(18)19-3/h4-7H,8H2,1-3H3,(H,15,17)(H,16,18). The molecule has 5 nitrogen and oxygen atoms in total. The van der Waals surface area contributed by atoms with E-state index in [1.165, 1.54) is 7.11 Å². The molecule has 0 heterocycles. The summed E-state index contributed by atoms with van der Waals surface area (Å²) in [5.41, 5.74) is 1.59. The molecule has 1 aromatic carbocycles. The van der Waals surface area contributed by atoms with E-state index in [4.69, 9.17) is 0 Å². The Morgan fingerprint density at radius 2 is 1.84 bits per heavy atom. The number of nitrogens with one attached hydrogen (secondary N) is 2. The molecule has 0 atom stereocenters. The van der Waals surface area contributed by atoms with Crippen LogP contribution in [-0.4, -0.2) is 23.4 Å². The fourth-order valence-electron chi connectivity index (χ4n) is 1.27. The normalized spacial score (nSPS) is 10.7. The van der Waals surface area contributed by atoms with E-state index in [0.29, 0.717) is 12.2 Å². The number of halogens is 1. The number of rotatable bonds is 4. The topological polar surface area (TPSA) is 67.4 Å². The highest BCUT2D eigenvalue weighted by Gasteiger charge is 2.22. The predicted molar refractivity (Wildman–Crippen MR) is 77.3 cm³/mol. The van der Waals surface area contributed by atoms with Crippen LogP contribution in [0.25, 0.3) is 0 Å². The molecule has 0 saturated heterocycles. The highest BCUT2D eigenvalue weighted by atomic mass is 79.9. The zero-order valence-corrected chi connectivity index (χ0v) is 12.7. The van der Waals surface area contributed by atoms with Gasteiger partial charge in [0.25, 0.3) is 0 Å². The van der Waals surface area contributed by atoms with E-state index in [2.05, 4.69) is 31.3 Å². The minimum absolute atomic E-state index is 0.0794. The van der Waals surface area contributed by atoms with Gasteiger partial charge in [-0.2, -0.15) is 0 Å². The van der Waals surface area contributed by atoms with Crippen molar-refractivity contribution in [3.8, 4) is 0 Å². The first-order chi connectivity index (χ1) is 8.82. The van der Waals surface area contributed by atoms with Crippen molar-refractivity contribution in [2.45, 2.75) is 24.7 Å². The second-order valence-electron chi connectivity index (χ2n) is 4.47. The molecule has 0 aromatic heterocycles. The Morgan fingerprint density at radius 3 is 2.32 bits per heavy atom. The summed E-state index contributed by atoms with van der Waals surface area (Å²) < 4.78 is 3.90. The molecule has 0 aliphatic carbocycles. The maximum atomic E-state index is 11.7. The third-order valence-corrected chi connectivity index (χ3v) is 2.74. The van der Waals surface area contributed by atoms with E-state index >= 15 is 0 Å². The summed E-state index contributed by atoms with van der Waals surface area (Å²) in [4.78, 5) is 22.7. The van der Waals surface area contributed by atoms with Gasteiger partial charge in [0.05, 0.1) is 11.4 Å². The second kappa shape index (κ2) is 6.56. The lowest BCUT2D eigenvalue weighted by molar-refractivity contribution is -0.122. The number of methoxy groups -OCH3 is 1. The number of anilines is 1. The first kappa shape index (κ1) is 15.5. The summed E-state index contributed by atoms with van der Waals surface area (Å²) in [6.07, 6.45) is -0.512. The first-order valence-corrected chi connectivity index (χ1v) is 6.53. The SMILES string of the molecule is COC(=O)Nc1ccc(CNC(=O)C(C)(C)Br)cc1. The Hall–Kier alpha value is -1.56. The molecule has 0 bridgehead atoms. The monoisotopic (exact) mass is 328 g/mol. The van der Waals surface area contributed by atoms with E-state index in [1.54, 1.807) is 26.0 Å². The molecule has 6 heteroatoms. The summed E-state index contributed by atoms with van der Waals surface area (Å²) in [6, 6.07) is 7.15. The summed E-state index contributed by atoms with van der Waals surface area (Å²) >= 11 is 3.29. The average molecular weight is 329 g/mol. The van der Waals surface area contributed by atoms with Gasteiger partial charge in [0, 0.05) is 12.2 Å². The molecule has 0 radical (unpaired) electrons. The van der Waals surface area contributed by atoms with Crippen LogP contribution in [0.2, 0.25) is 0 Å². The zero-order chi connectivity index (χ0) is 14.5. The lowest BCUT2D eigenvalue weighted by atomic mass is 10.1. The quantitative estimate of drug-likeness (QED) is 0.835. The molecule has 19 heavy (non-hydrogen) atoms. The highest BCUT2D eigenvalue weighted by Crippen LogP contribution is 2.16. The Labute approximate surface area is 120 Å². The fraction of sp³-hybridized carbons (Fsp3) is 0.385. The third-order valence-electron chi connectivity index (χ3n) is 2.38. The Bertz CT molecular complexity index is 452. The van der Waals surface area contributed by atoms with E-state index in [-0.39, 0.29) is 5.91 Å². The van der Waals surface area contributed by atoms with Crippen LogP contribution in [0.3, 0.4) is 0 Å². The highest BCUT2D eigenvalue weighted by molar-refractivity contribution is 9.10. The van der Waals surface area contributed by atoms with Crippen molar-refractivity contribution in [3.63, 3.8) is 0 Å². The molecule has 1 aromatic rings. The van der Waals surface area contributed by atoms with Gasteiger partial charge in [0.2, 0.25) is 5.91 Å². The number of hydrogen-bond donors (Lipinski definition) is 2. The first-order valence-electron chi connectivity index (χ1n) is 5.74. The minimum Gasteiger partial charge on any atom is -0.453 e. The molecule has 2 amide bonds. The van der Waals surface area contributed by atoms with Crippen LogP contribution in [0.1, 0.15) is 19.4 Å². The van der Waals surface area contributed by atoms with Crippen LogP contribution in [-0.2, 0) is 16.1 Å². The van der Waals surface area contributed by atoms with E-state index in [9.17, 15) is 9.59 Å². The fourth-order valence-corrected chi connectivity index (χ4v) is 1.41. The molecule has 0 aliphatic rings. The average Bonchev–Trinajstić information content (AvgIpc) is 2.36. The van der Waals surface area contributed by atoms with Crippen LogP contribution < -0.4 is 10.6 Å². The lowest BCUT2D eigenvalue weighted by Gasteiger charge is -2.15. The smallest absolute Gasteiger partial charge is 0.411 e. The predicted octanol–water partition coefficient (Wildman–Crippen LogP) is 2.65.